The molecule has 0 rings (SSSR count). The summed E-state index contributed by atoms with van der Waals surface area (Å²) in [7, 11) is 7.50. The van der Waals surface area contributed by atoms with Gasteiger partial charge in [0.2, 0.25) is 0 Å². The summed E-state index contributed by atoms with van der Waals surface area (Å²) < 4.78 is 0. The van der Waals surface area contributed by atoms with E-state index in [9.17, 15) is 0 Å². The third kappa shape index (κ3) is 5.45. The van der Waals surface area contributed by atoms with E-state index in [1.165, 1.54) is 9.83 Å². The van der Waals surface area contributed by atoms with Gasteiger partial charge in [0, 0.05) is 11.8 Å². The van der Waals surface area contributed by atoms with Crippen molar-refractivity contribution in [2.24, 2.45) is 0 Å². The Morgan fingerprint density at radius 3 is 2.44 bits per heavy atom. The maximum atomic E-state index is 4.02. The molecule has 0 aromatic carbocycles. The predicted molar refractivity (Wildman–Crippen MR) is 52.2 cm³/mol. The molecule has 1 atom stereocenters. The number of hydrogen-bond acceptors (Lipinski definition) is 4. The quantitative estimate of drug-likeness (QED) is 0.526. The highest BCUT2D eigenvalue weighted by Crippen LogP contribution is 2.25. The van der Waals surface area contributed by atoms with Gasteiger partial charge >= 0.3 is 0 Å². The minimum absolute atomic E-state index is 0.648. The summed E-state index contributed by atoms with van der Waals surface area (Å²) in [4.78, 5) is 2.21. The monoisotopic (exact) mass is 183 g/mol. The second kappa shape index (κ2) is 5.77. The first-order valence-corrected chi connectivity index (χ1v) is 6.15. The van der Waals surface area contributed by atoms with E-state index in [1.54, 1.807) is 10.8 Å². The molecule has 4 heteroatoms. The zero-order chi connectivity index (χ0) is 7.28. The first-order valence-electron chi connectivity index (χ1n) is 2.78. The smallest absolute Gasteiger partial charge is 0.0199 e. The summed E-state index contributed by atoms with van der Waals surface area (Å²) in [6.07, 6.45) is 0. The zero-order valence-electron chi connectivity index (χ0n) is 6.00. The first-order chi connectivity index (χ1) is 4.18. The molecule has 0 fully saturated rings. The maximum absolute atomic E-state index is 4.02. The Hall–Kier alpha value is 1.01. The molecule has 0 N–H and O–H groups in total. The van der Waals surface area contributed by atoms with Gasteiger partial charge in [0.05, 0.1) is 0 Å². The average Bonchev–Trinajstić information content (AvgIpc) is 1.82. The molecule has 0 aromatic heterocycles. The molecular formula is C5H13NS3. The minimum Gasteiger partial charge on any atom is -0.306 e. The lowest BCUT2D eigenvalue weighted by Crippen LogP contribution is -2.26. The fraction of sp³-hybridized carbons (Fsp3) is 1.00. The number of thiol groups is 1. The van der Waals surface area contributed by atoms with E-state index < -0.39 is 0 Å². The molecule has 0 amide bonds. The van der Waals surface area contributed by atoms with E-state index in [1.807, 2.05) is 0 Å². The van der Waals surface area contributed by atoms with Gasteiger partial charge in [-0.25, -0.2) is 0 Å². The number of nitrogens with zero attached hydrogens (tertiary/aromatic N) is 1. The molecule has 0 radical (unpaired) electrons. The van der Waals surface area contributed by atoms with E-state index >= 15 is 0 Å². The van der Waals surface area contributed by atoms with Crippen molar-refractivity contribution in [3.05, 3.63) is 0 Å². The molecule has 0 aliphatic carbocycles. The Morgan fingerprint density at radius 2 is 2.11 bits per heavy atom. The molecule has 9 heavy (non-hydrogen) atoms. The molecule has 0 bridgehead atoms. The lowest BCUT2D eigenvalue weighted by atomic mass is 10.4. The Morgan fingerprint density at radius 1 is 1.56 bits per heavy atom. The van der Waals surface area contributed by atoms with Crippen molar-refractivity contribution >= 4 is 32.3 Å². The molecular weight excluding hydrogens is 170 g/mol. The minimum atomic E-state index is 0.648. The van der Waals surface area contributed by atoms with Gasteiger partial charge < -0.3 is 4.90 Å². The van der Waals surface area contributed by atoms with Crippen molar-refractivity contribution < 1.29 is 0 Å². The number of hydrogen-bond donors (Lipinski definition) is 1. The zero-order valence-corrected chi connectivity index (χ0v) is 8.52. The molecule has 0 spiro atoms. The van der Waals surface area contributed by atoms with Crippen molar-refractivity contribution in [3.8, 4) is 0 Å². The van der Waals surface area contributed by atoms with Crippen molar-refractivity contribution in [2.75, 3.05) is 19.8 Å². The summed E-state index contributed by atoms with van der Waals surface area (Å²) in [5.74, 6) is 1.14. The van der Waals surface area contributed by atoms with Crippen molar-refractivity contribution in [2.45, 2.75) is 13.0 Å². The van der Waals surface area contributed by atoms with Crippen LogP contribution in [0.1, 0.15) is 6.92 Å². The van der Waals surface area contributed by atoms with Crippen LogP contribution in [0.15, 0.2) is 0 Å². The Kier molecular flexibility index (Phi) is 6.42. The maximum Gasteiger partial charge on any atom is 0.0199 e. The van der Waals surface area contributed by atoms with Crippen LogP contribution in [0.2, 0.25) is 0 Å². The topological polar surface area (TPSA) is 3.24 Å². The van der Waals surface area contributed by atoms with E-state index in [-0.39, 0.29) is 0 Å². The lowest BCUT2D eigenvalue weighted by Gasteiger charge is -2.17. The molecule has 56 valence electrons. The molecule has 0 saturated carbocycles. The highest BCUT2D eigenvalue weighted by atomic mass is 33.5. The van der Waals surface area contributed by atoms with Crippen LogP contribution in [0.4, 0.5) is 0 Å². The van der Waals surface area contributed by atoms with Gasteiger partial charge in [-0.1, -0.05) is 22.5 Å². The summed E-state index contributed by atoms with van der Waals surface area (Å²) >= 11 is 4.02. The predicted octanol–water partition coefficient (Wildman–Crippen LogP) is 2.16. The van der Waals surface area contributed by atoms with Gasteiger partial charge in [-0.05, 0) is 30.8 Å². The summed E-state index contributed by atoms with van der Waals surface area (Å²) in [6.45, 7) is 2.21. The van der Waals surface area contributed by atoms with Crippen LogP contribution in [0.5, 0.6) is 0 Å². The van der Waals surface area contributed by atoms with Crippen LogP contribution in [0, 0.1) is 0 Å². The van der Waals surface area contributed by atoms with Gasteiger partial charge in [-0.2, -0.15) is 0 Å². The normalized spacial score (nSPS) is 14.3. The van der Waals surface area contributed by atoms with Gasteiger partial charge in [0.1, 0.15) is 0 Å². The SMILES string of the molecule is CC(CSSS)N(C)C. The van der Waals surface area contributed by atoms with Crippen molar-refractivity contribution in [1.29, 1.82) is 0 Å². The molecule has 0 aliphatic rings. The molecule has 0 heterocycles. The second-order valence-electron chi connectivity index (χ2n) is 2.17. The van der Waals surface area contributed by atoms with Crippen molar-refractivity contribution in [1.82, 2.24) is 4.90 Å². The molecule has 0 aromatic rings. The van der Waals surface area contributed by atoms with Crippen LogP contribution in [0.25, 0.3) is 0 Å². The Balaban J connectivity index is 3.16. The Bertz CT molecular complexity index is 67.2. The van der Waals surface area contributed by atoms with E-state index in [4.69, 9.17) is 0 Å². The fourth-order valence-electron chi connectivity index (χ4n) is 0.278. The largest absolute Gasteiger partial charge is 0.306 e. The van der Waals surface area contributed by atoms with E-state index in [2.05, 4.69) is 37.6 Å². The highest BCUT2D eigenvalue weighted by molar-refractivity contribution is 9.05. The molecule has 0 saturated heterocycles. The van der Waals surface area contributed by atoms with Crippen LogP contribution < -0.4 is 0 Å². The van der Waals surface area contributed by atoms with E-state index in [0.29, 0.717) is 6.04 Å². The Labute approximate surface area is 70.2 Å². The standard InChI is InChI=1S/C5H13NS3/c1-5(6(2)3)4-8-9-7/h5,7H,4H2,1-3H3. The molecule has 0 aliphatic heterocycles. The summed E-state index contributed by atoms with van der Waals surface area (Å²) in [6, 6.07) is 0.648. The third-order valence-corrected chi connectivity index (χ3v) is 3.64. The van der Waals surface area contributed by atoms with Gasteiger partial charge in [0.15, 0.2) is 0 Å². The second-order valence-corrected chi connectivity index (χ2v) is 5.39. The summed E-state index contributed by atoms with van der Waals surface area (Å²) in [5.41, 5.74) is 0. The van der Waals surface area contributed by atoms with Crippen LogP contribution in [-0.4, -0.2) is 30.8 Å². The van der Waals surface area contributed by atoms with Crippen LogP contribution >= 0.6 is 32.3 Å². The fourth-order valence-corrected chi connectivity index (χ4v) is 2.16. The van der Waals surface area contributed by atoms with Crippen LogP contribution in [-0.2, 0) is 0 Å². The lowest BCUT2D eigenvalue weighted by molar-refractivity contribution is 0.340. The number of rotatable bonds is 4. The highest BCUT2D eigenvalue weighted by Gasteiger charge is 2.02. The van der Waals surface area contributed by atoms with Gasteiger partial charge in [-0.3, -0.25) is 0 Å². The third-order valence-electron chi connectivity index (χ3n) is 1.24. The first kappa shape index (κ1) is 10.0. The molecule has 1 unspecified atom stereocenters. The van der Waals surface area contributed by atoms with E-state index in [0.717, 1.165) is 5.75 Å². The van der Waals surface area contributed by atoms with Gasteiger partial charge in [0.25, 0.3) is 0 Å². The van der Waals surface area contributed by atoms with Crippen LogP contribution in [0.3, 0.4) is 0 Å². The summed E-state index contributed by atoms with van der Waals surface area (Å²) in [5, 5.41) is 0. The molecule has 1 nitrogen and oxygen atoms in total. The average molecular weight is 183 g/mol. The van der Waals surface area contributed by atoms with Crippen molar-refractivity contribution in [3.63, 3.8) is 0 Å². The van der Waals surface area contributed by atoms with Gasteiger partial charge in [-0.15, -0.1) is 0 Å².